The number of carbonyl (C=O) groups excluding carboxylic acids is 2. The normalized spacial score (nSPS) is 12.5. The highest BCUT2D eigenvalue weighted by atomic mass is 16.2. The lowest BCUT2D eigenvalue weighted by atomic mass is 10.1. The number of anilines is 2. The van der Waals surface area contributed by atoms with E-state index in [0.29, 0.717) is 12.2 Å². The number of carbonyl (C=O) groups is 2. The third-order valence-corrected chi connectivity index (χ3v) is 4.55. The van der Waals surface area contributed by atoms with Crippen molar-refractivity contribution in [3.05, 3.63) is 23.8 Å². The van der Waals surface area contributed by atoms with Gasteiger partial charge >= 0.3 is 6.03 Å². The molecule has 158 valence electrons. The molecule has 0 saturated carbocycles. The van der Waals surface area contributed by atoms with Gasteiger partial charge in [-0.15, -0.1) is 0 Å². The van der Waals surface area contributed by atoms with Crippen molar-refractivity contribution in [2.24, 2.45) is 5.92 Å². The Labute approximate surface area is 170 Å². The van der Waals surface area contributed by atoms with Gasteiger partial charge in [-0.3, -0.25) is 4.79 Å². The lowest BCUT2D eigenvalue weighted by molar-refractivity contribution is -0.137. The van der Waals surface area contributed by atoms with Crippen LogP contribution in [0.4, 0.5) is 16.2 Å². The third kappa shape index (κ3) is 7.06. The van der Waals surface area contributed by atoms with Gasteiger partial charge < -0.3 is 20.4 Å². The SMILES string of the molecule is CC[C@@H](C)N(Cc1cc(NC(=O)NC(C)(C)C)ccc1N(C)C)C(=O)C(C)C. The summed E-state index contributed by atoms with van der Waals surface area (Å²) in [6.45, 7) is 14.4. The molecule has 1 rings (SSSR count). The molecule has 1 atom stereocenters. The van der Waals surface area contributed by atoms with Crippen LogP contribution in [0.3, 0.4) is 0 Å². The summed E-state index contributed by atoms with van der Waals surface area (Å²) in [6, 6.07) is 5.73. The second-order valence-electron chi connectivity index (χ2n) is 8.95. The average Bonchev–Trinajstić information content (AvgIpc) is 2.56. The Bertz CT molecular complexity index is 678. The van der Waals surface area contributed by atoms with E-state index in [1.165, 1.54) is 0 Å². The third-order valence-electron chi connectivity index (χ3n) is 4.55. The molecule has 6 heteroatoms. The molecule has 0 bridgehead atoms. The van der Waals surface area contributed by atoms with E-state index in [-0.39, 0.29) is 29.4 Å². The first-order valence-electron chi connectivity index (χ1n) is 10.1. The predicted octanol–water partition coefficient (Wildman–Crippen LogP) is 4.46. The van der Waals surface area contributed by atoms with Crippen LogP contribution in [0.1, 0.15) is 60.5 Å². The largest absolute Gasteiger partial charge is 0.377 e. The zero-order valence-electron chi connectivity index (χ0n) is 19.0. The maximum absolute atomic E-state index is 12.8. The van der Waals surface area contributed by atoms with Gasteiger partial charge in [0.2, 0.25) is 5.91 Å². The zero-order chi connectivity index (χ0) is 21.6. The smallest absolute Gasteiger partial charge is 0.319 e. The van der Waals surface area contributed by atoms with Gasteiger partial charge in [0.1, 0.15) is 0 Å². The van der Waals surface area contributed by atoms with Gasteiger partial charge in [0.05, 0.1) is 0 Å². The molecule has 0 unspecified atom stereocenters. The number of benzene rings is 1. The quantitative estimate of drug-likeness (QED) is 0.723. The van der Waals surface area contributed by atoms with Crippen molar-refractivity contribution in [2.45, 2.75) is 73.0 Å². The van der Waals surface area contributed by atoms with Gasteiger partial charge in [0, 0.05) is 49.5 Å². The topological polar surface area (TPSA) is 64.7 Å². The summed E-state index contributed by atoms with van der Waals surface area (Å²) < 4.78 is 0. The fourth-order valence-electron chi connectivity index (χ4n) is 2.92. The molecule has 0 heterocycles. The van der Waals surface area contributed by atoms with Crippen molar-refractivity contribution in [1.29, 1.82) is 0 Å². The standard InChI is InChI=1S/C22H38N4O2/c1-10-16(4)26(20(27)15(2)3)14-17-13-18(11-12-19(17)25(8)9)23-21(28)24-22(5,6)7/h11-13,15-16H,10,14H2,1-9H3,(H2,23,24,28)/t16-/m1/s1. The van der Waals surface area contributed by atoms with Crippen LogP contribution >= 0.6 is 0 Å². The van der Waals surface area contributed by atoms with E-state index < -0.39 is 0 Å². The van der Waals surface area contributed by atoms with Crippen molar-refractivity contribution < 1.29 is 9.59 Å². The molecule has 0 saturated heterocycles. The van der Waals surface area contributed by atoms with Gasteiger partial charge in [-0.2, -0.15) is 0 Å². The summed E-state index contributed by atoms with van der Waals surface area (Å²) in [7, 11) is 3.96. The van der Waals surface area contributed by atoms with E-state index in [1.54, 1.807) is 0 Å². The van der Waals surface area contributed by atoms with Crippen LogP contribution in [0.25, 0.3) is 0 Å². The van der Waals surface area contributed by atoms with E-state index in [1.807, 2.05) is 76.7 Å². The molecule has 0 aliphatic heterocycles. The summed E-state index contributed by atoms with van der Waals surface area (Å²) in [5.74, 6) is 0.0820. The number of amides is 3. The highest BCUT2D eigenvalue weighted by molar-refractivity contribution is 5.90. The van der Waals surface area contributed by atoms with E-state index in [4.69, 9.17) is 0 Å². The molecule has 28 heavy (non-hydrogen) atoms. The lowest BCUT2D eigenvalue weighted by Crippen LogP contribution is -2.43. The average molecular weight is 391 g/mol. The molecule has 0 fully saturated rings. The molecule has 1 aromatic rings. The lowest BCUT2D eigenvalue weighted by Gasteiger charge is -2.32. The van der Waals surface area contributed by atoms with Gasteiger partial charge in [-0.05, 0) is 57.9 Å². The Morgan fingerprint density at radius 1 is 1.11 bits per heavy atom. The monoisotopic (exact) mass is 390 g/mol. The minimum atomic E-state index is -0.312. The van der Waals surface area contributed by atoms with Crippen LogP contribution < -0.4 is 15.5 Å². The minimum absolute atomic E-state index is 0.0596. The van der Waals surface area contributed by atoms with Crippen LogP contribution in [0.5, 0.6) is 0 Å². The maximum Gasteiger partial charge on any atom is 0.319 e. The number of rotatable bonds is 7. The summed E-state index contributed by atoms with van der Waals surface area (Å²) in [4.78, 5) is 29.0. The fraction of sp³-hybridized carbons (Fsp3) is 0.636. The number of hydrogen-bond donors (Lipinski definition) is 2. The number of nitrogens with one attached hydrogen (secondary N) is 2. The Hall–Kier alpha value is -2.24. The zero-order valence-corrected chi connectivity index (χ0v) is 19.0. The fourth-order valence-corrected chi connectivity index (χ4v) is 2.92. The maximum atomic E-state index is 12.8. The second-order valence-corrected chi connectivity index (χ2v) is 8.95. The van der Waals surface area contributed by atoms with Crippen molar-refractivity contribution in [1.82, 2.24) is 10.2 Å². The Balaban J connectivity index is 3.19. The van der Waals surface area contributed by atoms with Gasteiger partial charge in [-0.25, -0.2) is 4.79 Å². The molecule has 3 amide bonds. The molecule has 0 radical (unpaired) electrons. The molecule has 0 spiro atoms. The molecular formula is C22H38N4O2. The first kappa shape index (κ1) is 23.8. The molecule has 6 nitrogen and oxygen atoms in total. The van der Waals surface area contributed by atoms with E-state index in [9.17, 15) is 9.59 Å². The Morgan fingerprint density at radius 2 is 1.71 bits per heavy atom. The summed E-state index contributed by atoms with van der Waals surface area (Å²) in [5.41, 5.74) is 2.44. The van der Waals surface area contributed by atoms with Crippen molar-refractivity contribution in [3.8, 4) is 0 Å². The molecule has 0 aromatic heterocycles. The first-order chi connectivity index (χ1) is 12.9. The van der Waals surface area contributed by atoms with Crippen molar-refractivity contribution in [3.63, 3.8) is 0 Å². The molecule has 0 aliphatic carbocycles. The predicted molar refractivity (Wildman–Crippen MR) is 118 cm³/mol. The molecule has 1 aromatic carbocycles. The second kappa shape index (κ2) is 9.80. The van der Waals surface area contributed by atoms with E-state index in [0.717, 1.165) is 17.7 Å². The van der Waals surface area contributed by atoms with Gasteiger partial charge in [0.15, 0.2) is 0 Å². The molecule has 2 N–H and O–H groups in total. The Morgan fingerprint density at radius 3 is 2.18 bits per heavy atom. The van der Waals surface area contributed by atoms with Crippen LogP contribution in [0.2, 0.25) is 0 Å². The highest BCUT2D eigenvalue weighted by Crippen LogP contribution is 2.26. The number of nitrogens with zero attached hydrogens (tertiary/aromatic N) is 2. The van der Waals surface area contributed by atoms with E-state index >= 15 is 0 Å². The number of hydrogen-bond acceptors (Lipinski definition) is 3. The Kier molecular flexibility index (Phi) is 8.33. The van der Waals surface area contributed by atoms with Crippen molar-refractivity contribution >= 4 is 23.3 Å². The van der Waals surface area contributed by atoms with Crippen LogP contribution in [-0.2, 0) is 11.3 Å². The van der Waals surface area contributed by atoms with Gasteiger partial charge in [-0.1, -0.05) is 20.8 Å². The molecule has 0 aliphatic rings. The number of urea groups is 1. The van der Waals surface area contributed by atoms with E-state index in [2.05, 4.69) is 24.5 Å². The van der Waals surface area contributed by atoms with Crippen molar-refractivity contribution in [2.75, 3.05) is 24.3 Å². The summed E-state index contributed by atoms with van der Waals surface area (Å²) in [5, 5.41) is 5.80. The highest BCUT2D eigenvalue weighted by Gasteiger charge is 2.23. The van der Waals surface area contributed by atoms with Crippen LogP contribution in [-0.4, -0.2) is 42.5 Å². The minimum Gasteiger partial charge on any atom is -0.377 e. The molecular weight excluding hydrogens is 352 g/mol. The van der Waals surface area contributed by atoms with Gasteiger partial charge in [0.25, 0.3) is 0 Å². The first-order valence-corrected chi connectivity index (χ1v) is 10.1. The summed E-state index contributed by atoms with van der Waals surface area (Å²) >= 11 is 0. The van der Waals surface area contributed by atoms with Crippen LogP contribution in [0, 0.1) is 5.92 Å². The van der Waals surface area contributed by atoms with Crippen LogP contribution in [0.15, 0.2) is 18.2 Å². The summed E-state index contributed by atoms with van der Waals surface area (Å²) in [6.07, 6.45) is 0.891.